The molecule has 2 N–H and O–H groups in total. The number of rotatable bonds is 8. The number of hydrogen-bond donors (Lipinski definition) is 2. The second-order valence-corrected chi connectivity index (χ2v) is 8.10. The molecule has 2 aromatic heterocycles. The lowest BCUT2D eigenvalue weighted by molar-refractivity contribution is 0.108. The number of aliphatic hydroxyl groups excluding tert-OH is 1. The van der Waals surface area contributed by atoms with Crippen LogP contribution in [-0.2, 0) is 4.74 Å². The van der Waals surface area contributed by atoms with Gasteiger partial charge in [0.05, 0.1) is 36.2 Å². The minimum absolute atomic E-state index is 0.209. The summed E-state index contributed by atoms with van der Waals surface area (Å²) in [6, 6.07) is 10.2. The lowest BCUT2D eigenvalue weighted by Crippen LogP contribution is -2.36. The molecule has 1 unspecified atom stereocenters. The predicted molar refractivity (Wildman–Crippen MR) is 122 cm³/mol. The van der Waals surface area contributed by atoms with Crippen LogP contribution in [0.1, 0.15) is 19.9 Å². The normalized spacial score (nSPS) is 15.6. The van der Waals surface area contributed by atoms with Gasteiger partial charge in [0.15, 0.2) is 5.65 Å². The molecule has 1 atom stereocenters. The zero-order valence-corrected chi connectivity index (χ0v) is 18.4. The molecule has 8 nitrogen and oxygen atoms in total. The number of likely N-dealkylation sites (N-methyl/N-ethyl adjacent to an activating group) is 1. The van der Waals surface area contributed by atoms with Crippen molar-refractivity contribution in [2.24, 2.45) is 0 Å². The van der Waals surface area contributed by atoms with Crippen LogP contribution >= 0.6 is 0 Å². The average molecular weight is 426 g/mol. The summed E-state index contributed by atoms with van der Waals surface area (Å²) in [4.78, 5) is 7.32. The fourth-order valence-electron chi connectivity index (χ4n) is 3.83. The Morgan fingerprint density at radius 2 is 2.03 bits per heavy atom. The standard InChI is InChI=1S/C23H31N5O3/c1-16(2)28-23-20(14-25-28)22(27-7-9-30-10-8-27)12-21(26-23)17-5-4-6-19(11-17)31-15-18(29)13-24-3/h4-6,11-12,14,16,18,24,29H,7-10,13,15H2,1-3H3. The molecule has 1 aromatic carbocycles. The number of aliphatic hydroxyl groups is 1. The first-order chi connectivity index (χ1) is 15.1. The Balaban J connectivity index is 1.71. The highest BCUT2D eigenvalue weighted by Crippen LogP contribution is 2.33. The summed E-state index contributed by atoms with van der Waals surface area (Å²) in [5, 5.41) is 18.5. The minimum atomic E-state index is -0.559. The van der Waals surface area contributed by atoms with E-state index in [9.17, 15) is 5.11 Å². The Morgan fingerprint density at radius 3 is 2.77 bits per heavy atom. The maximum atomic E-state index is 9.93. The van der Waals surface area contributed by atoms with E-state index in [2.05, 4.69) is 35.2 Å². The molecule has 0 amide bonds. The van der Waals surface area contributed by atoms with Gasteiger partial charge in [0.1, 0.15) is 18.5 Å². The number of hydrogen-bond acceptors (Lipinski definition) is 7. The molecular formula is C23H31N5O3. The molecule has 3 aromatic rings. The SMILES string of the molecule is CNCC(O)COc1cccc(-c2cc(N3CCOCC3)c3cnn(C(C)C)c3n2)c1. The summed E-state index contributed by atoms with van der Waals surface area (Å²) in [6.45, 7) is 8.07. The highest BCUT2D eigenvalue weighted by Gasteiger charge is 2.20. The van der Waals surface area contributed by atoms with Crippen molar-refractivity contribution in [1.29, 1.82) is 0 Å². The van der Waals surface area contributed by atoms with Gasteiger partial charge in [-0.3, -0.25) is 0 Å². The molecule has 166 valence electrons. The molecule has 31 heavy (non-hydrogen) atoms. The van der Waals surface area contributed by atoms with Crippen molar-refractivity contribution >= 4 is 16.7 Å². The van der Waals surface area contributed by atoms with Crippen LogP contribution in [0.25, 0.3) is 22.3 Å². The van der Waals surface area contributed by atoms with Crippen LogP contribution in [0.15, 0.2) is 36.5 Å². The molecule has 8 heteroatoms. The Labute approximate surface area is 182 Å². The Hall–Kier alpha value is -2.68. The highest BCUT2D eigenvalue weighted by molar-refractivity contribution is 5.92. The minimum Gasteiger partial charge on any atom is -0.491 e. The third-order valence-electron chi connectivity index (χ3n) is 5.40. The summed E-state index contributed by atoms with van der Waals surface area (Å²) < 4.78 is 13.3. The van der Waals surface area contributed by atoms with Crippen LogP contribution in [0, 0.1) is 0 Å². The molecule has 1 saturated heterocycles. The van der Waals surface area contributed by atoms with E-state index in [0.717, 1.165) is 54.3 Å². The number of aromatic nitrogens is 3. The first-order valence-corrected chi connectivity index (χ1v) is 10.8. The fourth-order valence-corrected chi connectivity index (χ4v) is 3.83. The summed E-state index contributed by atoms with van der Waals surface area (Å²) >= 11 is 0. The summed E-state index contributed by atoms with van der Waals surface area (Å²) in [7, 11) is 1.81. The van der Waals surface area contributed by atoms with E-state index in [1.165, 1.54) is 0 Å². The zero-order valence-electron chi connectivity index (χ0n) is 18.4. The second-order valence-electron chi connectivity index (χ2n) is 8.10. The Morgan fingerprint density at radius 1 is 1.23 bits per heavy atom. The molecule has 0 radical (unpaired) electrons. The van der Waals surface area contributed by atoms with E-state index in [1.807, 2.05) is 35.1 Å². The molecular weight excluding hydrogens is 394 g/mol. The van der Waals surface area contributed by atoms with Gasteiger partial charge in [-0.25, -0.2) is 9.67 Å². The third kappa shape index (κ3) is 4.81. The molecule has 0 bridgehead atoms. The van der Waals surface area contributed by atoms with Crippen LogP contribution < -0.4 is 15.0 Å². The quantitative estimate of drug-likeness (QED) is 0.574. The van der Waals surface area contributed by atoms with Crippen LogP contribution in [0.5, 0.6) is 5.75 Å². The molecule has 1 aliphatic heterocycles. The topological polar surface area (TPSA) is 84.7 Å². The van der Waals surface area contributed by atoms with Crippen molar-refractivity contribution < 1.29 is 14.6 Å². The van der Waals surface area contributed by atoms with Gasteiger partial charge >= 0.3 is 0 Å². The summed E-state index contributed by atoms with van der Waals surface area (Å²) in [5.74, 6) is 0.708. The number of nitrogens with zero attached hydrogens (tertiary/aromatic N) is 4. The van der Waals surface area contributed by atoms with E-state index in [-0.39, 0.29) is 12.6 Å². The number of nitrogens with one attached hydrogen (secondary N) is 1. The Bertz CT molecular complexity index is 1010. The van der Waals surface area contributed by atoms with Gasteiger partial charge in [0, 0.05) is 31.2 Å². The predicted octanol–water partition coefficient (Wildman–Crippen LogP) is 2.47. The van der Waals surface area contributed by atoms with Crippen molar-refractivity contribution in [2.45, 2.75) is 26.0 Å². The van der Waals surface area contributed by atoms with Gasteiger partial charge in [-0.15, -0.1) is 0 Å². The van der Waals surface area contributed by atoms with E-state index < -0.39 is 6.10 Å². The van der Waals surface area contributed by atoms with Crippen molar-refractivity contribution in [3.05, 3.63) is 36.5 Å². The molecule has 0 saturated carbocycles. The second kappa shape index (κ2) is 9.64. The van der Waals surface area contributed by atoms with Gasteiger partial charge in [0.25, 0.3) is 0 Å². The number of anilines is 1. The number of morpholine rings is 1. The molecule has 0 spiro atoms. The first-order valence-electron chi connectivity index (χ1n) is 10.8. The fraction of sp³-hybridized carbons (Fsp3) is 0.478. The van der Waals surface area contributed by atoms with Crippen LogP contribution in [0.3, 0.4) is 0 Å². The van der Waals surface area contributed by atoms with Crippen LogP contribution in [0.2, 0.25) is 0 Å². The van der Waals surface area contributed by atoms with Gasteiger partial charge in [-0.05, 0) is 39.1 Å². The maximum Gasteiger partial charge on any atom is 0.160 e. The summed E-state index contributed by atoms with van der Waals surface area (Å²) in [5.41, 5.74) is 3.85. The molecule has 1 fully saturated rings. The largest absolute Gasteiger partial charge is 0.491 e. The van der Waals surface area contributed by atoms with Crippen molar-refractivity contribution in [3.8, 4) is 17.0 Å². The van der Waals surface area contributed by atoms with Crippen molar-refractivity contribution in [1.82, 2.24) is 20.1 Å². The number of fused-ring (bicyclic) bond motifs is 1. The van der Waals surface area contributed by atoms with Crippen LogP contribution in [-0.4, -0.2) is 72.5 Å². The lowest BCUT2D eigenvalue weighted by Gasteiger charge is -2.29. The van der Waals surface area contributed by atoms with Crippen LogP contribution in [0.4, 0.5) is 5.69 Å². The van der Waals surface area contributed by atoms with E-state index in [4.69, 9.17) is 14.5 Å². The van der Waals surface area contributed by atoms with Crippen molar-refractivity contribution in [2.75, 3.05) is 51.4 Å². The zero-order chi connectivity index (χ0) is 21.8. The van der Waals surface area contributed by atoms with Gasteiger partial charge in [0.2, 0.25) is 0 Å². The number of pyridine rings is 1. The Kier molecular flexibility index (Phi) is 6.70. The maximum absolute atomic E-state index is 9.93. The van der Waals surface area contributed by atoms with Gasteiger partial charge < -0.3 is 24.8 Å². The number of benzene rings is 1. The lowest BCUT2D eigenvalue weighted by atomic mass is 10.1. The van der Waals surface area contributed by atoms with E-state index in [1.54, 1.807) is 7.05 Å². The third-order valence-corrected chi connectivity index (χ3v) is 5.40. The molecule has 0 aliphatic carbocycles. The van der Waals surface area contributed by atoms with Gasteiger partial charge in [-0.2, -0.15) is 5.10 Å². The van der Waals surface area contributed by atoms with E-state index >= 15 is 0 Å². The highest BCUT2D eigenvalue weighted by atomic mass is 16.5. The molecule has 3 heterocycles. The first kappa shape index (κ1) is 21.5. The van der Waals surface area contributed by atoms with Gasteiger partial charge in [-0.1, -0.05) is 12.1 Å². The average Bonchev–Trinajstić information content (AvgIpc) is 3.22. The van der Waals surface area contributed by atoms with Crippen molar-refractivity contribution in [3.63, 3.8) is 0 Å². The summed E-state index contributed by atoms with van der Waals surface area (Å²) in [6.07, 6.45) is 1.36. The van der Waals surface area contributed by atoms with E-state index in [0.29, 0.717) is 12.3 Å². The smallest absolute Gasteiger partial charge is 0.160 e. The monoisotopic (exact) mass is 425 g/mol. The number of ether oxygens (including phenoxy) is 2. The molecule has 4 rings (SSSR count). The molecule has 1 aliphatic rings.